The first kappa shape index (κ1) is 41.1. The molecule has 6 aromatic rings. The van der Waals surface area contributed by atoms with E-state index in [1.165, 1.54) is 48.5 Å². The zero-order valence-corrected chi connectivity index (χ0v) is 31.9. The Labute approximate surface area is 329 Å². The number of hydrogen-bond donors (Lipinski definition) is 4. The first-order valence-electron chi connectivity index (χ1n) is 15.7. The van der Waals surface area contributed by atoms with E-state index in [0.29, 0.717) is 11.4 Å². The Balaban J connectivity index is 1.19. The number of rotatable bonds is 14. The highest BCUT2D eigenvalue weighted by Crippen LogP contribution is 2.28. The van der Waals surface area contributed by atoms with Crippen LogP contribution in [-0.4, -0.2) is 81.8 Å². The highest BCUT2D eigenvalue weighted by Gasteiger charge is 2.14. The van der Waals surface area contributed by atoms with Crippen molar-refractivity contribution in [3.63, 3.8) is 0 Å². The lowest BCUT2D eigenvalue weighted by Crippen LogP contribution is -2.06. The fourth-order valence-corrected chi connectivity index (χ4v) is 7.20. The molecule has 0 aliphatic rings. The molecule has 0 saturated heterocycles. The Bertz CT molecular complexity index is 2810. The quantitative estimate of drug-likeness (QED) is 0.0903. The maximum absolute atomic E-state index is 12.3. The zero-order chi connectivity index (χ0) is 41.9. The van der Waals surface area contributed by atoms with Crippen LogP contribution < -0.4 is 21.3 Å². The molecular weight excluding hydrogens is 845 g/mol. The molecule has 0 bridgehead atoms. The summed E-state index contributed by atoms with van der Waals surface area (Å²) in [7, 11) is -19.6. The Kier molecular flexibility index (Phi) is 11.5. The largest absolute Gasteiger partial charge is 0.744 e. The van der Waals surface area contributed by atoms with E-state index in [2.05, 4.69) is 51.2 Å². The summed E-state index contributed by atoms with van der Waals surface area (Å²) in [5.74, 6) is -0.282. The molecule has 0 fully saturated rings. The first-order chi connectivity index (χ1) is 27.2. The van der Waals surface area contributed by atoms with Gasteiger partial charge >= 0.3 is 0 Å². The molecule has 0 atom stereocenters. The van der Waals surface area contributed by atoms with E-state index in [1.54, 1.807) is 0 Å². The van der Waals surface area contributed by atoms with Gasteiger partial charge in [0.2, 0.25) is 23.8 Å². The molecule has 2 aromatic heterocycles. The minimum absolute atomic E-state index is 0.0330. The second-order valence-corrected chi connectivity index (χ2v) is 16.9. The van der Waals surface area contributed by atoms with Crippen molar-refractivity contribution in [1.29, 1.82) is 0 Å². The van der Waals surface area contributed by atoms with Crippen molar-refractivity contribution < 1.29 is 51.9 Å². The van der Waals surface area contributed by atoms with Gasteiger partial charge in [-0.3, -0.25) is 0 Å². The Morgan fingerprint density at radius 2 is 0.690 bits per heavy atom. The van der Waals surface area contributed by atoms with Gasteiger partial charge in [-0.15, -0.1) is 0 Å². The van der Waals surface area contributed by atoms with Gasteiger partial charge < -0.3 is 39.5 Å². The van der Waals surface area contributed by atoms with Gasteiger partial charge in [0.15, 0.2) is 0 Å². The van der Waals surface area contributed by atoms with Gasteiger partial charge in [0.1, 0.15) is 53.1 Å². The van der Waals surface area contributed by atoms with Gasteiger partial charge in [-0.25, -0.2) is 53.6 Å². The highest BCUT2D eigenvalue weighted by atomic mass is 32.2. The topological polar surface area (TPSA) is 354 Å². The van der Waals surface area contributed by atoms with Gasteiger partial charge in [0.05, 0.1) is 19.6 Å². The standard InChI is InChI=1S/C32H26N10O12S4/c43-55(44,45)25-11-7-21(8-12-25)37-29-33-17-35-31(41-29)39-23-5-3-19(27(15-23)57(49,50)51)1-2-20-4-6-24(16-28(20)58(52,53)54)40-32-36-18-34-30(42-32)38-22-9-13-26(14-10-22)56(46,47)48/h1-18H,(H,43,44,45)(H,46,47,48)(H,49,50,51)(H,52,53,54)(H2,33,35,37,39,41)(H2,34,36,38,40,42)/p-4/b2-1+. The van der Waals surface area contributed by atoms with Crippen LogP contribution >= 0.6 is 0 Å². The van der Waals surface area contributed by atoms with E-state index in [0.717, 1.165) is 61.2 Å². The van der Waals surface area contributed by atoms with E-state index >= 15 is 0 Å². The van der Waals surface area contributed by atoms with Gasteiger partial charge in [-0.1, -0.05) is 24.3 Å². The molecule has 0 radical (unpaired) electrons. The number of aromatic nitrogens is 6. The predicted molar refractivity (Wildman–Crippen MR) is 199 cm³/mol. The third-order valence-corrected chi connectivity index (χ3v) is 10.9. The van der Waals surface area contributed by atoms with Gasteiger partial charge in [0, 0.05) is 22.7 Å². The first-order valence-corrected chi connectivity index (χ1v) is 21.3. The van der Waals surface area contributed by atoms with E-state index in [9.17, 15) is 51.9 Å². The average Bonchev–Trinajstić information content (AvgIpc) is 3.14. The lowest BCUT2D eigenvalue weighted by molar-refractivity contribution is 0.460. The minimum Gasteiger partial charge on any atom is -0.744 e. The minimum atomic E-state index is -5.15. The lowest BCUT2D eigenvalue weighted by atomic mass is 10.1. The van der Waals surface area contributed by atoms with Crippen molar-refractivity contribution in [2.45, 2.75) is 19.6 Å². The van der Waals surface area contributed by atoms with Crippen molar-refractivity contribution in [3.8, 4) is 0 Å². The van der Waals surface area contributed by atoms with Crippen molar-refractivity contribution in [1.82, 2.24) is 29.9 Å². The fraction of sp³-hybridized carbons (Fsp3) is 0. The number of nitrogens with zero attached hydrogens (tertiary/aromatic N) is 6. The maximum atomic E-state index is 12.3. The third kappa shape index (κ3) is 10.7. The second kappa shape index (κ2) is 16.1. The van der Waals surface area contributed by atoms with Crippen LogP contribution in [0.2, 0.25) is 0 Å². The van der Waals surface area contributed by atoms with Crippen molar-refractivity contribution in [3.05, 3.63) is 109 Å². The Morgan fingerprint density at radius 1 is 0.397 bits per heavy atom. The van der Waals surface area contributed by atoms with Gasteiger partial charge in [-0.05, 0) is 83.9 Å². The molecule has 0 aliphatic carbocycles. The van der Waals surface area contributed by atoms with E-state index in [4.69, 9.17) is 0 Å². The fourth-order valence-electron chi connectivity index (χ4n) is 4.87. The molecule has 0 aliphatic heterocycles. The normalized spacial score (nSPS) is 12.3. The van der Waals surface area contributed by atoms with Crippen LogP contribution in [-0.2, 0) is 40.5 Å². The number of benzene rings is 4. The van der Waals surface area contributed by atoms with Crippen LogP contribution in [0.15, 0.2) is 117 Å². The summed E-state index contributed by atoms with van der Waals surface area (Å²) in [5.41, 5.74) is 0.361. The second-order valence-electron chi connectivity index (χ2n) is 11.5. The molecule has 0 saturated carbocycles. The van der Waals surface area contributed by atoms with Gasteiger partial charge in [0.25, 0.3) is 0 Å². The molecule has 4 aromatic carbocycles. The van der Waals surface area contributed by atoms with Crippen LogP contribution in [0.1, 0.15) is 11.1 Å². The van der Waals surface area contributed by atoms with E-state index in [-0.39, 0.29) is 46.3 Å². The summed E-state index contributed by atoms with van der Waals surface area (Å²) in [5, 5.41) is 11.0. The SMILES string of the molecule is O=S(=O)([O-])c1ccc(Nc2ncnc(Nc3ccc(/C=C/c4ccc(Nc5ncnc(Nc6ccc(S(=O)(=O)[O-])cc6)n5)cc4S(=O)(=O)[O-])c(S(=O)(=O)[O-])c3)n2)cc1. The van der Waals surface area contributed by atoms with Gasteiger partial charge in [-0.2, -0.15) is 9.97 Å². The maximum Gasteiger partial charge on any atom is 0.232 e. The van der Waals surface area contributed by atoms with E-state index < -0.39 is 60.1 Å². The summed E-state index contributed by atoms with van der Waals surface area (Å²) < 4.78 is 141. The third-order valence-electron chi connectivity index (χ3n) is 7.46. The summed E-state index contributed by atoms with van der Waals surface area (Å²) in [6.45, 7) is 0. The van der Waals surface area contributed by atoms with E-state index in [1.807, 2.05) is 0 Å². The van der Waals surface area contributed by atoms with Crippen LogP contribution in [0, 0.1) is 0 Å². The number of anilines is 8. The number of hydrogen-bond acceptors (Lipinski definition) is 22. The molecule has 0 unspecified atom stereocenters. The Morgan fingerprint density at radius 3 is 0.983 bits per heavy atom. The van der Waals surface area contributed by atoms with Crippen molar-refractivity contribution in [2.75, 3.05) is 21.3 Å². The molecule has 0 amide bonds. The van der Waals surface area contributed by atoms with Crippen LogP contribution in [0.5, 0.6) is 0 Å². The average molecular weight is 867 g/mol. The monoisotopic (exact) mass is 866 g/mol. The van der Waals surface area contributed by atoms with Crippen molar-refractivity contribution >= 4 is 99.2 Å². The molecule has 0 spiro atoms. The summed E-state index contributed by atoms with van der Waals surface area (Å²) in [6, 6.07) is 16.6. The Hall–Kier alpha value is -6.52. The predicted octanol–water partition coefficient (Wildman–Crippen LogP) is 2.82. The van der Waals surface area contributed by atoms with Crippen LogP contribution in [0.3, 0.4) is 0 Å². The molecule has 58 heavy (non-hydrogen) atoms. The summed E-state index contributed by atoms with van der Waals surface area (Å²) in [4.78, 5) is 21.6. The van der Waals surface area contributed by atoms with Crippen molar-refractivity contribution in [2.24, 2.45) is 0 Å². The molecular formula is C32H22N10O12S4-4. The smallest absolute Gasteiger partial charge is 0.232 e. The molecule has 26 heteroatoms. The molecule has 22 nitrogen and oxygen atoms in total. The summed E-state index contributed by atoms with van der Waals surface area (Å²) in [6.07, 6.45) is 4.41. The number of nitrogens with one attached hydrogen (secondary N) is 4. The molecule has 6 rings (SSSR count). The zero-order valence-electron chi connectivity index (χ0n) is 28.6. The van der Waals surface area contributed by atoms with Crippen LogP contribution in [0.25, 0.3) is 12.2 Å². The highest BCUT2D eigenvalue weighted by molar-refractivity contribution is 7.86. The summed E-state index contributed by atoms with van der Waals surface area (Å²) >= 11 is 0. The molecule has 2 heterocycles. The van der Waals surface area contributed by atoms with Crippen LogP contribution in [0.4, 0.5) is 46.5 Å². The molecule has 4 N–H and O–H groups in total. The molecule has 300 valence electrons. The lowest BCUT2D eigenvalue weighted by Gasteiger charge is -2.15.